The van der Waals surface area contributed by atoms with E-state index in [2.05, 4.69) is 0 Å². The van der Waals surface area contributed by atoms with Gasteiger partial charge in [0.25, 0.3) is 0 Å². The predicted octanol–water partition coefficient (Wildman–Crippen LogP) is 3.25. The number of carbonyl (C=O) groups is 2. The molecule has 1 aliphatic heterocycles. The van der Waals surface area contributed by atoms with Crippen molar-refractivity contribution >= 4 is 12.1 Å². The van der Waals surface area contributed by atoms with Crippen LogP contribution in [0, 0.1) is 11.7 Å². The summed E-state index contributed by atoms with van der Waals surface area (Å²) >= 11 is 0. The molecular formula is C17H22FNO4. The molecule has 126 valence electrons. The summed E-state index contributed by atoms with van der Waals surface area (Å²) in [6.07, 6.45) is -0.164. The maximum atomic E-state index is 13.4. The zero-order chi connectivity index (χ0) is 17.2. The van der Waals surface area contributed by atoms with Crippen LogP contribution >= 0.6 is 0 Å². The maximum Gasteiger partial charge on any atom is 0.410 e. The molecule has 1 N–H and O–H groups in total. The Hall–Kier alpha value is -2.11. The van der Waals surface area contributed by atoms with Crippen molar-refractivity contribution in [1.29, 1.82) is 0 Å². The van der Waals surface area contributed by atoms with Gasteiger partial charge >= 0.3 is 12.1 Å². The molecule has 1 amide bonds. The molecule has 2 atom stereocenters. The fourth-order valence-electron chi connectivity index (χ4n) is 2.76. The monoisotopic (exact) mass is 323 g/mol. The van der Waals surface area contributed by atoms with Gasteiger partial charge in [0.2, 0.25) is 0 Å². The van der Waals surface area contributed by atoms with E-state index in [-0.39, 0.29) is 18.3 Å². The fraction of sp³-hybridized carbons (Fsp3) is 0.529. The fourth-order valence-corrected chi connectivity index (χ4v) is 2.76. The third-order valence-electron chi connectivity index (χ3n) is 3.77. The number of benzene rings is 1. The van der Waals surface area contributed by atoms with Crippen molar-refractivity contribution in [2.24, 2.45) is 5.92 Å². The Morgan fingerprint density at radius 1 is 1.30 bits per heavy atom. The molecule has 0 saturated carbocycles. The molecule has 5 nitrogen and oxygen atoms in total. The zero-order valence-electron chi connectivity index (χ0n) is 13.6. The number of aliphatic carboxylic acids is 1. The van der Waals surface area contributed by atoms with Crippen molar-refractivity contribution < 1.29 is 23.8 Å². The van der Waals surface area contributed by atoms with Gasteiger partial charge in [-0.3, -0.25) is 4.79 Å². The Morgan fingerprint density at radius 2 is 2.00 bits per heavy atom. The van der Waals surface area contributed by atoms with Gasteiger partial charge in [0, 0.05) is 19.0 Å². The van der Waals surface area contributed by atoms with E-state index >= 15 is 0 Å². The summed E-state index contributed by atoms with van der Waals surface area (Å²) in [5, 5.41) is 9.34. The third kappa shape index (κ3) is 4.68. The molecule has 1 fully saturated rings. The van der Waals surface area contributed by atoms with Gasteiger partial charge in [0.1, 0.15) is 11.4 Å². The second kappa shape index (κ2) is 6.56. The van der Waals surface area contributed by atoms with Crippen LogP contribution in [-0.2, 0) is 9.53 Å². The first-order valence-corrected chi connectivity index (χ1v) is 7.62. The molecule has 1 heterocycles. The number of ether oxygens (including phenoxy) is 1. The molecular weight excluding hydrogens is 301 g/mol. The third-order valence-corrected chi connectivity index (χ3v) is 3.77. The highest BCUT2D eigenvalue weighted by molar-refractivity contribution is 5.73. The lowest BCUT2D eigenvalue weighted by molar-refractivity contribution is -0.143. The normalized spacial score (nSPS) is 21.8. The van der Waals surface area contributed by atoms with Crippen molar-refractivity contribution in [2.75, 3.05) is 13.1 Å². The van der Waals surface area contributed by atoms with E-state index in [0.29, 0.717) is 18.5 Å². The molecule has 0 spiro atoms. The highest BCUT2D eigenvalue weighted by Crippen LogP contribution is 2.31. The van der Waals surface area contributed by atoms with E-state index in [4.69, 9.17) is 4.74 Å². The lowest BCUT2D eigenvalue weighted by Crippen LogP contribution is -2.47. The molecule has 0 radical (unpaired) electrons. The Labute approximate surface area is 135 Å². The molecule has 0 aromatic heterocycles. The van der Waals surface area contributed by atoms with E-state index in [1.807, 2.05) is 0 Å². The highest BCUT2D eigenvalue weighted by Gasteiger charge is 2.36. The Kier molecular flexibility index (Phi) is 4.92. The molecule has 23 heavy (non-hydrogen) atoms. The van der Waals surface area contributed by atoms with Gasteiger partial charge in [-0.15, -0.1) is 0 Å². The molecule has 1 aliphatic rings. The lowest BCUT2D eigenvalue weighted by Gasteiger charge is -2.37. The molecule has 1 aromatic carbocycles. The number of amides is 1. The van der Waals surface area contributed by atoms with Crippen LogP contribution in [0.4, 0.5) is 9.18 Å². The summed E-state index contributed by atoms with van der Waals surface area (Å²) in [6, 6.07) is 6.08. The number of hydrogen-bond acceptors (Lipinski definition) is 3. The van der Waals surface area contributed by atoms with E-state index in [1.165, 1.54) is 17.0 Å². The van der Waals surface area contributed by atoms with Crippen molar-refractivity contribution in [3.05, 3.63) is 35.6 Å². The molecule has 0 bridgehead atoms. The number of likely N-dealkylation sites (tertiary alicyclic amines) is 1. The topological polar surface area (TPSA) is 66.8 Å². The minimum absolute atomic E-state index is 0.107. The summed E-state index contributed by atoms with van der Waals surface area (Å²) in [4.78, 5) is 25.1. The van der Waals surface area contributed by atoms with Crippen LogP contribution in [0.5, 0.6) is 0 Å². The summed E-state index contributed by atoms with van der Waals surface area (Å²) < 4.78 is 18.8. The number of nitrogens with zero attached hydrogens (tertiary/aromatic N) is 1. The lowest BCUT2D eigenvalue weighted by atomic mass is 9.84. The molecule has 2 rings (SSSR count). The van der Waals surface area contributed by atoms with E-state index in [9.17, 15) is 19.1 Å². The van der Waals surface area contributed by atoms with Gasteiger partial charge in [-0.2, -0.15) is 0 Å². The first-order valence-electron chi connectivity index (χ1n) is 7.62. The summed E-state index contributed by atoms with van der Waals surface area (Å²) in [5.74, 6) is -2.25. The van der Waals surface area contributed by atoms with Crippen molar-refractivity contribution in [2.45, 2.75) is 38.7 Å². The minimum Gasteiger partial charge on any atom is -0.481 e. The first kappa shape index (κ1) is 17.2. The van der Waals surface area contributed by atoms with Gasteiger partial charge in [-0.1, -0.05) is 12.1 Å². The number of halogens is 1. The second-order valence-corrected chi connectivity index (χ2v) is 6.91. The summed E-state index contributed by atoms with van der Waals surface area (Å²) in [7, 11) is 0. The van der Waals surface area contributed by atoms with Crippen molar-refractivity contribution in [1.82, 2.24) is 4.90 Å². The Balaban J connectivity index is 2.20. The molecule has 1 saturated heterocycles. The van der Waals surface area contributed by atoms with Gasteiger partial charge in [-0.05, 0) is 44.9 Å². The van der Waals surface area contributed by atoms with Gasteiger partial charge < -0.3 is 14.7 Å². The van der Waals surface area contributed by atoms with Crippen LogP contribution in [-0.4, -0.2) is 40.8 Å². The van der Waals surface area contributed by atoms with Gasteiger partial charge in [0.05, 0.1) is 5.92 Å². The number of carboxylic acid groups (broad SMARTS) is 1. The Bertz CT molecular complexity index is 597. The van der Waals surface area contributed by atoms with Gasteiger partial charge in [-0.25, -0.2) is 9.18 Å². The quantitative estimate of drug-likeness (QED) is 0.907. The number of hydrogen-bond donors (Lipinski definition) is 1. The zero-order valence-corrected chi connectivity index (χ0v) is 13.6. The number of carboxylic acids is 1. The first-order chi connectivity index (χ1) is 10.7. The van der Waals surface area contributed by atoms with E-state index in [0.717, 1.165) is 0 Å². The van der Waals surface area contributed by atoms with Crippen LogP contribution in [0.1, 0.15) is 38.7 Å². The largest absolute Gasteiger partial charge is 0.481 e. The molecule has 1 aromatic rings. The summed E-state index contributed by atoms with van der Waals surface area (Å²) in [5.41, 5.74) is 0.0474. The molecule has 0 aliphatic carbocycles. The number of rotatable bonds is 2. The summed E-state index contributed by atoms with van der Waals surface area (Å²) in [6.45, 7) is 5.70. The van der Waals surface area contributed by atoms with Gasteiger partial charge in [0.15, 0.2) is 0 Å². The van der Waals surface area contributed by atoms with Crippen LogP contribution in [0.3, 0.4) is 0 Å². The number of piperidine rings is 1. The SMILES string of the molecule is CC(C)(C)OC(=O)N1CC(C(=O)O)CC(c2cccc(F)c2)C1. The smallest absolute Gasteiger partial charge is 0.410 e. The van der Waals surface area contributed by atoms with Crippen molar-refractivity contribution in [3.8, 4) is 0 Å². The Morgan fingerprint density at radius 3 is 2.57 bits per heavy atom. The van der Waals surface area contributed by atoms with Crippen molar-refractivity contribution in [3.63, 3.8) is 0 Å². The number of carbonyl (C=O) groups excluding carboxylic acids is 1. The average molecular weight is 323 g/mol. The standard InChI is InChI=1S/C17H22FNO4/c1-17(2,3)23-16(22)19-9-12(7-13(10-19)15(20)21)11-5-4-6-14(18)8-11/h4-6,8,12-13H,7,9-10H2,1-3H3,(H,20,21). The molecule has 6 heteroatoms. The van der Waals surface area contributed by atoms with Crippen LogP contribution < -0.4 is 0 Å². The maximum absolute atomic E-state index is 13.4. The average Bonchev–Trinajstić information content (AvgIpc) is 2.45. The highest BCUT2D eigenvalue weighted by atomic mass is 19.1. The van der Waals surface area contributed by atoms with Crippen LogP contribution in [0.2, 0.25) is 0 Å². The molecule has 2 unspecified atom stereocenters. The van der Waals surface area contributed by atoms with E-state index in [1.54, 1.807) is 32.9 Å². The van der Waals surface area contributed by atoms with Crippen LogP contribution in [0.15, 0.2) is 24.3 Å². The second-order valence-electron chi connectivity index (χ2n) is 6.91. The van der Waals surface area contributed by atoms with Crippen LogP contribution in [0.25, 0.3) is 0 Å². The van der Waals surface area contributed by atoms with E-state index < -0.39 is 23.6 Å². The minimum atomic E-state index is -0.959. The predicted molar refractivity (Wildman–Crippen MR) is 82.7 cm³/mol.